The first-order valence-electron chi connectivity index (χ1n) is 8.63. The monoisotopic (exact) mass is 314 g/mol. The number of amides is 1. The standard InChI is InChI=1S/C18H26N4O/c1-12(2)18(23)20-11-14-4-6-15(7-5-14)16-8-9-19-17-10-13(3)21-22(16)17/h8-10,12,14-15H,4-7,11H2,1-3H3,(H,20,23). The molecule has 5 heteroatoms. The van der Waals surface area contributed by atoms with Crippen LogP contribution in [0.1, 0.15) is 56.8 Å². The van der Waals surface area contributed by atoms with Crippen LogP contribution >= 0.6 is 0 Å². The van der Waals surface area contributed by atoms with E-state index in [0.29, 0.717) is 11.8 Å². The van der Waals surface area contributed by atoms with E-state index in [4.69, 9.17) is 0 Å². The highest BCUT2D eigenvalue weighted by molar-refractivity contribution is 5.77. The second-order valence-corrected chi connectivity index (χ2v) is 7.04. The van der Waals surface area contributed by atoms with Gasteiger partial charge in [0.2, 0.25) is 5.91 Å². The Morgan fingerprint density at radius 3 is 2.78 bits per heavy atom. The number of nitrogens with one attached hydrogen (secondary N) is 1. The second kappa shape index (κ2) is 6.69. The fourth-order valence-electron chi connectivity index (χ4n) is 3.45. The van der Waals surface area contributed by atoms with Gasteiger partial charge in [0.25, 0.3) is 0 Å². The van der Waals surface area contributed by atoms with E-state index in [9.17, 15) is 4.79 Å². The molecule has 1 fully saturated rings. The lowest BCUT2D eigenvalue weighted by atomic mass is 9.80. The van der Waals surface area contributed by atoms with E-state index in [1.807, 2.05) is 37.5 Å². The quantitative estimate of drug-likeness (QED) is 0.943. The number of nitrogens with zero attached hydrogens (tertiary/aromatic N) is 3. The van der Waals surface area contributed by atoms with Crippen LogP contribution in [0.15, 0.2) is 18.3 Å². The van der Waals surface area contributed by atoms with E-state index in [1.54, 1.807) is 0 Å². The summed E-state index contributed by atoms with van der Waals surface area (Å²) < 4.78 is 2.00. The van der Waals surface area contributed by atoms with E-state index >= 15 is 0 Å². The number of carbonyl (C=O) groups is 1. The highest BCUT2D eigenvalue weighted by atomic mass is 16.1. The number of rotatable bonds is 4. The summed E-state index contributed by atoms with van der Waals surface area (Å²) in [6, 6.07) is 4.13. The van der Waals surface area contributed by atoms with Crippen molar-refractivity contribution in [2.45, 2.75) is 52.4 Å². The molecule has 0 unspecified atom stereocenters. The van der Waals surface area contributed by atoms with Crippen LogP contribution in [0.25, 0.3) is 5.65 Å². The average molecular weight is 314 g/mol. The van der Waals surface area contributed by atoms with Gasteiger partial charge < -0.3 is 5.32 Å². The highest BCUT2D eigenvalue weighted by Gasteiger charge is 2.25. The normalized spacial score (nSPS) is 21.7. The third-order valence-corrected chi connectivity index (χ3v) is 4.86. The van der Waals surface area contributed by atoms with Gasteiger partial charge in [-0.25, -0.2) is 9.50 Å². The third-order valence-electron chi connectivity index (χ3n) is 4.86. The molecule has 1 N–H and O–H groups in total. The number of fused-ring (bicyclic) bond motifs is 1. The van der Waals surface area contributed by atoms with Crippen molar-refractivity contribution < 1.29 is 4.79 Å². The lowest BCUT2D eigenvalue weighted by Crippen LogP contribution is -2.33. The van der Waals surface area contributed by atoms with Crippen molar-refractivity contribution >= 4 is 11.6 Å². The molecule has 0 aromatic carbocycles. The first-order chi connectivity index (χ1) is 11.0. The van der Waals surface area contributed by atoms with Gasteiger partial charge in [-0.2, -0.15) is 5.10 Å². The maximum Gasteiger partial charge on any atom is 0.222 e. The molecule has 2 aromatic rings. The molecule has 0 atom stereocenters. The molecule has 3 rings (SSSR count). The molecule has 2 aromatic heterocycles. The Kier molecular flexibility index (Phi) is 4.64. The predicted octanol–water partition coefficient (Wildman–Crippen LogP) is 3.08. The maximum atomic E-state index is 11.7. The van der Waals surface area contributed by atoms with Crippen LogP contribution < -0.4 is 5.32 Å². The van der Waals surface area contributed by atoms with Gasteiger partial charge in [-0.15, -0.1) is 0 Å². The van der Waals surface area contributed by atoms with Crippen molar-refractivity contribution in [2.24, 2.45) is 11.8 Å². The van der Waals surface area contributed by atoms with Crippen LogP contribution in [0.5, 0.6) is 0 Å². The molecule has 23 heavy (non-hydrogen) atoms. The number of hydrogen-bond donors (Lipinski definition) is 1. The molecule has 1 amide bonds. The maximum absolute atomic E-state index is 11.7. The summed E-state index contributed by atoms with van der Waals surface area (Å²) in [4.78, 5) is 16.1. The van der Waals surface area contributed by atoms with Gasteiger partial charge in [-0.05, 0) is 44.6 Å². The minimum absolute atomic E-state index is 0.0690. The van der Waals surface area contributed by atoms with E-state index in [0.717, 1.165) is 43.6 Å². The lowest BCUT2D eigenvalue weighted by molar-refractivity contribution is -0.124. The number of carbonyl (C=O) groups excluding carboxylic acids is 1. The molecule has 1 aliphatic carbocycles. The summed E-state index contributed by atoms with van der Waals surface area (Å²) in [5, 5.41) is 7.66. The van der Waals surface area contributed by atoms with Gasteiger partial charge in [-0.3, -0.25) is 4.79 Å². The van der Waals surface area contributed by atoms with Crippen LogP contribution in [0.4, 0.5) is 0 Å². The van der Waals surface area contributed by atoms with Crippen LogP contribution in [-0.4, -0.2) is 27.0 Å². The molecule has 0 radical (unpaired) electrons. The van der Waals surface area contributed by atoms with E-state index in [-0.39, 0.29) is 11.8 Å². The third kappa shape index (κ3) is 3.54. The Balaban J connectivity index is 1.61. The first kappa shape index (κ1) is 16.0. The van der Waals surface area contributed by atoms with Gasteiger partial charge in [-0.1, -0.05) is 13.8 Å². The SMILES string of the molecule is Cc1cc2nccc(C3CCC(CNC(=O)C(C)C)CC3)n2n1. The molecular formula is C18H26N4O. The number of hydrogen-bond acceptors (Lipinski definition) is 3. The van der Waals surface area contributed by atoms with Crippen LogP contribution in [0, 0.1) is 18.8 Å². The van der Waals surface area contributed by atoms with Gasteiger partial charge >= 0.3 is 0 Å². The Morgan fingerprint density at radius 2 is 2.09 bits per heavy atom. The van der Waals surface area contributed by atoms with Crippen LogP contribution in [0.3, 0.4) is 0 Å². The van der Waals surface area contributed by atoms with Crippen LogP contribution in [-0.2, 0) is 4.79 Å². The van der Waals surface area contributed by atoms with E-state index in [2.05, 4.69) is 21.5 Å². The van der Waals surface area contributed by atoms with E-state index in [1.165, 1.54) is 5.69 Å². The smallest absolute Gasteiger partial charge is 0.222 e. The van der Waals surface area contributed by atoms with Crippen molar-refractivity contribution in [1.82, 2.24) is 19.9 Å². The zero-order chi connectivity index (χ0) is 16.4. The fourth-order valence-corrected chi connectivity index (χ4v) is 3.45. The van der Waals surface area contributed by atoms with Crippen LogP contribution in [0.2, 0.25) is 0 Å². The molecule has 2 heterocycles. The molecule has 0 spiro atoms. The topological polar surface area (TPSA) is 59.3 Å². The molecule has 0 bridgehead atoms. The van der Waals surface area contributed by atoms with Gasteiger partial charge in [0.15, 0.2) is 5.65 Å². The Morgan fingerprint density at radius 1 is 1.35 bits per heavy atom. The zero-order valence-corrected chi connectivity index (χ0v) is 14.2. The molecule has 124 valence electrons. The summed E-state index contributed by atoms with van der Waals surface area (Å²) in [7, 11) is 0. The first-order valence-corrected chi connectivity index (χ1v) is 8.63. The van der Waals surface area contributed by atoms with E-state index < -0.39 is 0 Å². The van der Waals surface area contributed by atoms with Crippen molar-refractivity contribution in [3.05, 3.63) is 29.7 Å². The summed E-state index contributed by atoms with van der Waals surface area (Å²) >= 11 is 0. The molecule has 5 nitrogen and oxygen atoms in total. The molecule has 1 saturated carbocycles. The van der Waals surface area contributed by atoms with Gasteiger partial charge in [0, 0.05) is 36.3 Å². The van der Waals surface area contributed by atoms with Crippen molar-refractivity contribution in [3.63, 3.8) is 0 Å². The molecule has 0 aliphatic heterocycles. The number of aromatic nitrogens is 3. The Hall–Kier alpha value is -1.91. The lowest BCUT2D eigenvalue weighted by Gasteiger charge is -2.29. The minimum atomic E-state index is 0.0690. The van der Waals surface area contributed by atoms with Crippen molar-refractivity contribution in [2.75, 3.05) is 6.54 Å². The molecule has 1 aliphatic rings. The largest absolute Gasteiger partial charge is 0.356 e. The Labute approximate surface area is 137 Å². The minimum Gasteiger partial charge on any atom is -0.356 e. The predicted molar refractivity (Wildman–Crippen MR) is 90.3 cm³/mol. The van der Waals surface area contributed by atoms with Crippen molar-refractivity contribution in [1.29, 1.82) is 0 Å². The molecular weight excluding hydrogens is 288 g/mol. The summed E-state index contributed by atoms with van der Waals surface area (Å²) in [6.07, 6.45) is 6.52. The van der Waals surface area contributed by atoms with Gasteiger partial charge in [0.05, 0.1) is 5.69 Å². The summed E-state index contributed by atoms with van der Waals surface area (Å²) in [5.74, 6) is 1.37. The molecule has 0 saturated heterocycles. The highest BCUT2D eigenvalue weighted by Crippen LogP contribution is 2.35. The van der Waals surface area contributed by atoms with Gasteiger partial charge in [0.1, 0.15) is 0 Å². The fraction of sp³-hybridized carbons (Fsp3) is 0.611. The Bertz CT molecular complexity index is 683. The average Bonchev–Trinajstić information content (AvgIpc) is 2.93. The number of aryl methyl sites for hydroxylation is 1. The zero-order valence-electron chi connectivity index (χ0n) is 14.2. The summed E-state index contributed by atoms with van der Waals surface area (Å²) in [6.45, 7) is 6.70. The summed E-state index contributed by atoms with van der Waals surface area (Å²) in [5.41, 5.74) is 3.22. The second-order valence-electron chi connectivity index (χ2n) is 7.04. The van der Waals surface area contributed by atoms with Crippen molar-refractivity contribution in [3.8, 4) is 0 Å².